The van der Waals surface area contributed by atoms with Crippen LogP contribution in [0.15, 0.2) is 182 Å². The number of nitrogens with zero attached hydrogens (tertiary/aromatic N) is 4. The third-order valence-corrected chi connectivity index (χ3v) is 16.9. The van der Waals surface area contributed by atoms with Crippen LogP contribution in [0.2, 0.25) is 0 Å². The minimum atomic E-state index is -0.323. The summed E-state index contributed by atoms with van der Waals surface area (Å²) >= 11 is 0. The maximum absolute atomic E-state index is 7.14. The predicted molar refractivity (Wildman–Crippen MR) is 318 cm³/mol. The molecule has 1 aliphatic heterocycles. The van der Waals surface area contributed by atoms with Crippen LogP contribution in [0.25, 0.3) is 27.6 Å². The number of ether oxygens (including phenoxy) is 1. The predicted octanol–water partition coefficient (Wildman–Crippen LogP) is 19.0. The van der Waals surface area contributed by atoms with Crippen molar-refractivity contribution in [1.82, 2.24) is 9.55 Å². The molecular formula is C70H78N4O. The normalized spacial score (nSPS) is 13.6. The second kappa shape index (κ2) is 19.5. The molecule has 0 aliphatic carbocycles. The summed E-state index contributed by atoms with van der Waals surface area (Å²) in [5.41, 5.74) is 14.0. The lowest BCUT2D eigenvalue weighted by Crippen LogP contribution is -2.44. The van der Waals surface area contributed by atoms with Crippen LogP contribution in [0.4, 0.5) is 22.7 Å². The Morgan fingerprint density at radius 3 is 1.51 bits per heavy atom. The molecule has 384 valence electrons. The Hall–Kier alpha value is -7.11. The van der Waals surface area contributed by atoms with Gasteiger partial charge in [0.15, 0.2) is 0 Å². The van der Waals surface area contributed by atoms with Gasteiger partial charge in [0.05, 0.1) is 28.1 Å². The Kier molecular flexibility index (Phi) is 13.4. The Labute approximate surface area is 448 Å². The first-order valence-corrected chi connectivity index (χ1v) is 27.5. The quantitative estimate of drug-likeness (QED) is 0.115. The molecule has 5 nitrogen and oxygen atoms in total. The number of fused-ring (bicyclic) bond motifs is 4. The van der Waals surface area contributed by atoms with Crippen molar-refractivity contribution in [3.05, 3.63) is 216 Å². The number of pyridine rings is 1. The molecule has 10 rings (SSSR count). The lowest BCUT2D eigenvalue weighted by molar-refractivity contribution is 0.264. The van der Waals surface area contributed by atoms with E-state index in [0.717, 1.165) is 39.4 Å². The van der Waals surface area contributed by atoms with E-state index in [1.165, 1.54) is 55.8 Å². The molecule has 0 bridgehead atoms. The van der Waals surface area contributed by atoms with E-state index in [9.17, 15) is 0 Å². The largest absolute Gasteiger partial charge is 0.457 e. The van der Waals surface area contributed by atoms with Crippen LogP contribution >= 0.6 is 0 Å². The van der Waals surface area contributed by atoms with E-state index < -0.39 is 0 Å². The maximum Gasteiger partial charge on any atom is 0.137 e. The zero-order valence-electron chi connectivity index (χ0n) is 47.0. The highest BCUT2D eigenvalue weighted by molar-refractivity contribution is 6.09. The van der Waals surface area contributed by atoms with E-state index in [2.05, 4.69) is 287 Å². The van der Waals surface area contributed by atoms with E-state index in [-0.39, 0.29) is 45.3 Å². The minimum absolute atomic E-state index is 0.0249. The Balaban J connectivity index is 1.16. The van der Waals surface area contributed by atoms with Gasteiger partial charge in [0, 0.05) is 45.6 Å². The van der Waals surface area contributed by atoms with Crippen molar-refractivity contribution in [2.75, 3.05) is 16.5 Å². The van der Waals surface area contributed by atoms with Gasteiger partial charge in [-0.25, -0.2) is 4.98 Å². The van der Waals surface area contributed by atoms with Gasteiger partial charge in [-0.15, -0.1) is 0 Å². The molecule has 0 saturated heterocycles. The van der Waals surface area contributed by atoms with Gasteiger partial charge in [0.1, 0.15) is 24.0 Å². The van der Waals surface area contributed by atoms with Crippen molar-refractivity contribution in [3.63, 3.8) is 0 Å². The van der Waals surface area contributed by atoms with Crippen molar-refractivity contribution in [2.45, 2.75) is 119 Å². The fourth-order valence-corrected chi connectivity index (χ4v) is 13.4. The summed E-state index contributed by atoms with van der Waals surface area (Å²) in [6.45, 7) is 33.7. The topological polar surface area (TPSA) is 33.5 Å². The molecule has 3 heterocycles. The zero-order valence-corrected chi connectivity index (χ0v) is 47.0. The molecule has 75 heavy (non-hydrogen) atoms. The van der Waals surface area contributed by atoms with Crippen molar-refractivity contribution in [3.8, 4) is 17.3 Å². The average molecular weight is 991 g/mol. The Bertz CT molecular complexity index is 3400. The number of benzene rings is 7. The number of anilines is 4. The zero-order chi connectivity index (χ0) is 53.2. The summed E-state index contributed by atoms with van der Waals surface area (Å²) < 4.78 is 9.44. The second-order valence-corrected chi connectivity index (χ2v) is 24.5. The summed E-state index contributed by atoms with van der Waals surface area (Å²) in [5.74, 6) is 3.59. The molecule has 5 heteroatoms. The van der Waals surface area contributed by atoms with Crippen LogP contribution in [0.3, 0.4) is 0 Å². The van der Waals surface area contributed by atoms with Crippen LogP contribution < -0.4 is 14.5 Å². The molecule has 0 spiro atoms. The van der Waals surface area contributed by atoms with E-state index in [1.54, 1.807) is 0 Å². The van der Waals surface area contributed by atoms with E-state index in [1.807, 2.05) is 6.20 Å². The van der Waals surface area contributed by atoms with Gasteiger partial charge in [-0.05, 0) is 122 Å². The van der Waals surface area contributed by atoms with Gasteiger partial charge in [-0.1, -0.05) is 206 Å². The summed E-state index contributed by atoms with van der Waals surface area (Å²) in [6, 6.07) is 65.5. The van der Waals surface area contributed by atoms with Crippen LogP contribution in [-0.4, -0.2) is 16.2 Å². The fourth-order valence-electron chi connectivity index (χ4n) is 13.4. The summed E-state index contributed by atoms with van der Waals surface area (Å²) in [4.78, 5) is 10.2. The molecule has 0 amide bonds. The smallest absolute Gasteiger partial charge is 0.137 e. The van der Waals surface area contributed by atoms with Crippen molar-refractivity contribution >= 4 is 44.6 Å². The number of hydrogen-bond donors (Lipinski definition) is 0. The van der Waals surface area contributed by atoms with Crippen molar-refractivity contribution in [1.29, 1.82) is 0 Å². The van der Waals surface area contributed by atoms with Crippen LogP contribution in [0.5, 0.6) is 11.5 Å². The van der Waals surface area contributed by atoms with Crippen LogP contribution in [0, 0.1) is 23.7 Å². The first-order valence-electron chi connectivity index (χ1n) is 27.5. The molecule has 0 saturated carbocycles. The standard InChI is InChI=1S/C70H78N4O/c1-46(2)69(47(3)4,50-26-17-15-18-27-50)59-31-25-32-60(70(48(5)6,49(7)8)51-28-19-16-20-29-51)66(59)73-45-72(62-34-23-24-35-63(62)73)54-40-53(68(12,13)14)41-56(43-54)75-55-36-37-58-57-30-21-22-33-61(57)74(64(58)44-55)65-42-52(38-39-71-65)67(9,10)11/h15-44,46-49H,45H2,1-14H3. The first kappa shape index (κ1) is 51.4. The summed E-state index contributed by atoms with van der Waals surface area (Å²) in [6.07, 6.45) is 1.94. The molecule has 1 aliphatic rings. The third-order valence-electron chi connectivity index (χ3n) is 16.9. The molecule has 0 unspecified atom stereocenters. The van der Waals surface area contributed by atoms with Gasteiger partial charge in [-0.3, -0.25) is 4.57 Å². The third kappa shape index (κ3) is 8.70. The van der Waals surface area contributed by atoms with Crippen LogP contribution in [-0.2, 0) is 21.7 Å². The highest BCUT2D eigenvalue weighted by Gasteiger charge is 2.49. The van der Waals surface area contributed by atoms with Gasteiger partial charge in [0.2, 0.25) is 0 Å². The van der Waals surface area contributed by atoms with Gasteiger partial charge in [0.25, 0.3) is 0 Å². The molecule has 0 radical (unpaired) electrons. The fraction of sp³-hybridized carbons (Fsp3) is 0.329. The molecule has 7 aromatic carbocycles. The number of hydrogen-bond acceptors (Lipinski definition) is 4. The molecular weight excluding hydrogens is 913 g/mol. The molecule has 2 aromatic heterocycles. The van der Waals surface area contributed by atoms with E-state index in [0.29, 0.717) is 6.67 Å². The summed E-state index contributed by atoms with van der Waals surface area (Å²) in [5, 5.41) is 2.35. The number of para-hydroxylation sites is 4. The van der Waals surface area contributed by atoms with Crippen LogP contribution in [0.1, 0.15) is 130 Å². The second-order valence-electron chi connectivity index (χ2n) is 24.5. The Morgan fingerprint density at radius 1 is 0.427 bits per heavy atom. The Morgan fingerprint density at radius 2 is 0.947 bits per heavy atom. The first-order chi connectivity index (χ1) is 35.8. The molecule has 9 aromatic rings. The highest BCUT2D eigenvalue weighted by atomic mass is 16.5. The lowest BCUT2D eigenvalue weighted by Gasteiger charge is -2.49. The monoisotopic (exact) mass is 991 g/mol. The molecule has 0 fully saturated rings. The van der Waals surface area contributed by atoms with E-state index >= 15 is 0 Å². The van der Waals surface area contributed by atoms with Crippen molar-refractivity contribution in [2.24, 2.45) is 23.7 Å². The maximum atomic E-state index is 7.14. The molecule has 0 N–H and O–H groups in total. The average Bonchev–Trinajstić information content (AvgIpc) is 3.95. The lowest BCUT2D eigenvalue weighted by atomic mass is 9.56. The van der Waals surface area contributed by atoms with Crippen molar-refractivity contribution < 1.29 is 4.74 Å². The van der Waals surface area contributed by atoms with Gasteiger partial charge < -0.3 is 14.5 Å². The number of rotatable bonds is 13. The van der Waals surface area contributed by atoms with Gasteiger partial charge in [-0.2, -0.15) is 0 Å². The van der Waals surface area contributed by atoms with E-state index in [4.69, 9.17) is 9.72 Å². The van der Waals surface area contributed by atoms with Gasteiger partial charge >= 0.3 is 0 Å². The minimum Gasteiger partial charge on any atom is -0.457 e. The number of aromatic nitrogens is 2. The summed E-state index contributed by atoms with van der Waals surface area (Å²) in [7, 11) is 0. The SMILES string of the molecule is CC(C)C(c1ccccc1)(c1cccc(C(c2ccccc2)(C(C)C)C(C)C)c1N1CN(c2cc(Oc3ccc4c5ccccc5n(-c5cc(C(C)(C)C)ccn5)c4c3)cc(C(C)(C)C)c2)c2ccccc21)C(C)C. The molecule has 0 atom stereocenters. The highest BCUT2D eigenvalue weighted by Crippen LogP contribution is 2.58.